The van der Waals surface area contributed by atoms with E-state index in [2.05, 4.69) is 93.8 Å². The SMILES string of the molecule is C[C@H](CCO[Si](c1ccccc1)(c1ccccc1)C(C)(C)C)C[C@@H](C=O)ONc1ccccc1. The number of nitrogens with one attached hydrogen (secondary N) is 1. The molecule has 0 aliphatic heterocycles. The van der Waals surface area contributed by atoms with E-state index < -0.39 is 14.4 Å². The summed E-state index contributed by atoms with van der Waals surface area (Å²) in [6.07, 6.45) is 1.84. The Balaban J connectivity index is 1.69. The summed E-state index contributed by atoms with van der Waals surface area (Å²) in [7, 11) is -2.54. The molecular weight excluding hydrogens is 438 g/mol. The predicted octanol–water partition coefficient (Wildman–Crippen LogP) is 5.59. The topological polar surface area (TPSA) is 47.6 Å². The van der Waals surface area contributed by atoms with E-state index in [1.165, 1.54) is 10.4 Å². The number of carbonyl (C=O) groups is 1. The van der Waals surface area contributed by atoms with E-state index in [9.17, 15) is 4.79 Å². The Morgan fingerprint density at radius 2 is 1.35 bits per heavy atom. The quantitative estimate of drug-likeness (QED) is 0.211. The van der Waals surface area contributed by atoms with Gasteiger partial charge in [0.15, 0.2) is 6.29 Å². The first-order valence-corrected chi connectivity index (χ1v) is 13.9. The van der Waals surface area contributed by atoms with Gasteiger partial charge in [-0.15, -0.1) is 0 Å². The Morgan fingerprint density at radius 3 is 1.82 bits per heavy atom. The molecule has 0 saturated heterocycles. The molecule has 0 fully saturated rings. The van der Waals surface area contributed by atoms with Crippen LogP contribution in [0.25, 0.3) is 0 Å². The minimum Gasteiger partial charge on any atom is -0.407 e. The number of hydrogen-bond donors (Lipinski definition) is 1. The van der Waals surface area contributed by atoms with Crippen LogP contribution < -0.4 is 15.9 Å². The van der Waals surface area contributed by atoms with Crippen molar-refractivity contribution in [3.05, 3.63) is 91.0 Å². The number of para-hydroxylation sites is 1. The molecule has 3 rings (SSSR count). The second kappa shape index (κ2) is 12.1. The average Bonchev–Trinajstić information content (AvgIpc) is 2.85. The summed E-state index contributed by atoms with van der Waals surface area (Å²) in [6.45, 7) is 9.64. The van der Waals surface area contributed by atoms with Crippen LogP contribution in [-0.2, 0) is 14.1 Å². The zero-order chi connectivity index (χ0) is 24.4. The van der Waals surface area contributed by atoms with Gasteiger partial charge in [-0.05, 0) is 46.3 Å². The van der Waals surface area contributed by atoms with E-state index in [1.54, 1.807) is 0 Å². The van der Waals surface area contributed by atoms with Crippen LogP contribution in [0.2, 0.25) is 5.04 Å². The molecule has 180 valence electrons. The summed E-state index contributed by atoms with van der Waals surface area (Å²) in [6, 6.07) is 30.9. The highest BCUT2D eigenvalue weighted by Crippen LogP contribution is 2.37. The fourth-order valence-corrected chi connectivity index (χ4v) is 9.05. The predicted molar refractivity (Wildman–Crippen MR) is 143 cm³/mol. The first kappa shape index (κ1) is 25.9. The van der Waals surface area contributed by atoms with Crippen LogP contribution in [0.4, 0.5) is 5.69 Å². The number of rotatable bonds is 12. The molecule has 0 bridgehead atoms. The van der Waals surface area contributed by atoms with Gasteiger partial charge in [-0.2, -0.15) is 0 Å². The lowest BCUT2D eigenvalue weighted by Crippen LogP contribution is -2.66. The smallest absolute Gasteiger partial charge is 0.261 e. The summed E-state index contributed by atoms with van der Waals surface area (Å²) in [4.78, 5) is 17.2. The molecule has 0 aliphatic carbocycles. The fraction of sp³-hybridized carbons (Fsp3) is 0.345. The standard InChI is InChI=1S/C29H37NO3Si/c1-24(22-26(23-31)33-30-25-14-8-5-9-15-25)20-21-32-34(29(2,3)4,27-16-10-6-11-17-27)28-18-12-7-13-19-28/h5-19,23-24,26,30H,20-22H2,1-4H3/t24-,26+/m1/s1. The lowest BCUT2D eigenvalue weighted by Gasteiger charge is -2.43. The third-order valence-corrected chi connectivity index (χ3v) is 11.3. The molecule has 0 spiro atoms. The van der Waals surface area contributed by atoms with Gasteiger partial charge < -0.3 is 9.22 Å². The maximum Gasteiger partial charge on any atom is 0.261 e. The molecule has 2 atom stereocenters. The second-order valence-electron chi connectivity index (χ2n) is 9.90. The number of carbonyl (C=O) groups excluding carboxylic acids is 1. The van der Waals surface area contributed by atoms with Crippen LogP contribution in [0.1, 0.15) is 40.5 Å². The largest absolute Gasteiger partial charge is 0.407 e. The van der Waals surface area contributed by atoms with Crippen LogP contribution in [0, 0.1) is 5.92 Å². The van der Waals surface area contributed by atoms with Crippen molar-refractivity contribution in [3.8, 4) is 0 Å². The third kappa shape index (κ3) is 6.44. The number of hydrogen-bond acceptors (Lipinski definition) is 4. The van der Waals surface area contributed by atoms with Crippen molar-refractivity contribution in [2.75, 3.05) is 12.1 Å². The Kier molecular flexibility index (Phi) is 9.22. The summed E-state index contributed by atoms with van der Waals surface area (Å²) in [5.74, 6) is 0.269. The van der Waals surface area contributed by atoms with Crippen LogP contribution in [-0.4, -0.2) is 27.3 Å². The number of benzene rings is 3. The minimum atomic E-state index is -2.54. The number of aldehydes is 1. The maximum atomic E-state index is 11.6. The molecule has 4 nitrogen and oxygen atoms in total. The lowest BCUT2D eigenvalue weighted by atomic mass is 10.0. The van der Waals surface area contributed by atoms with Gasteiger partial charge >= 0.3 is 0 Å². The lowest BCUT2D eigenvalue weighted by molar-refractivity contribution is -0.117. The van der Waals surface area contributed by atoms with Gasteiger partial charge in [-0.25, -0.2) is 0 Å². The Hall–Kier alpha value is -2.73. The highest BCUT2D eigenvalue weighted by atomic mass is 28.4. The molecule has 0 unspecified atom stereocenters. The van der Waals surface area contributed by atoms with Crippen LogP contribution in [0.15, 0.2) is 91.0 Å². The van der Waals surface area contributed by atoms with E-state index >= 15 is 0 Å². The van der Waals surface area contributed by atoms with Crippen molar-refractivity contribution in [2.24, 2.45) is 5.92 Å². The van der Waals surface area contributed by atoms with Gasteiger partial charge in [0, 0.05) is 6.61 Å². The van der Waals surface area contributed by atoms with Crippen molar-refractivity contribution in [1.82, 2.24) is 0 Å². The van der Waals surface area contributed by atoms with Gasteiger partial charge in [0.2, 0.25) is 0 Å². The van der Waals surface area contributed by atoms with E-state index in [4.69, 9.17) is 9.26 Å². The highest BCUT2D eigenvalue weighted by molar-refractivity contribution is 6.99. The van der Waals surface area contributed by atoms with Crippen LogP contribution >= 0.6 is 0 Å². The summed E-state index contributed by atoms with van der Waals surface area (Å²) < 4.78 is 6.98. The van der Waals surface area contributed by atoms with Crippen LogP contribution in [0.5, 0.6) is 0 Å². The van der Waals surface area contributed by atoms with Crippen LogP contribution in [0.3, 0.4) is 0 Å². The van der Waals surface area contributed by atoms with Crippen molar-refractivity contribution in [3.63, 3.8) is 0 Å². The Labute approximate surface area is 205 Å². The molecule has 0 heterocycles. The van der Waals surface area contributed by atoms with Gasteiger partial charge in [0.05, 0.1) is 5.69 Å². The molecule has 0 radical (unpaired) electrons. The molecule has 0 saturated carbocycles. The molecule has 0 amide bonds. The Morgan fingerprint density at radius 1 is 0.853 bits per heavy atom. The molecule has 3 aromatic carbocycles. The molecule has 34 heavy (non-hydrogen) atoms. The molecule has 0 aliphatic rings. The summed E-state index contributed by atoms with van der Waals surface area (Å²) in [5, 5.41) is 2.51. The number of anilines is 1. The van der Waals surface area contributed by atoms with Crippen molar-refractivity contribution in [1.29, 1.82) is 0 Å². The molecule has 5 heteroatoms. The average molecular weight is 476 g/mol. The van der Waals surface area contributed by atoms with E-state index in [1.807, 2.05) is 30.3 Å². The van der Waals surface area contributed by atoms with Crippen molar-refractivity contribution in [2.45, 2.75) is 51.7 Å². The summed E-state index contributed by atoms with van der Waals surface area (Å²) >= 11 is 0. The van der Waals surface area contributed by atoms with Crippen molar-refractivity contribution >= 4 is 30.7 Å². The zero-order valence-electron chi connectivity index (χ0n) is 20.7. The zero-order valence-corrected chi connectivity index (χ0v) is 21.7. The second-order valence-corrected chi connectivity index (χ2v) is 14.2. The van der Waals surface area contributed by atoms with Gasteiger partial charge in [0.25, 0.3) is 8.32 Å². The third-order valence-electron chi connectivity index (χ3n) is 6.23. The molecule has 1 N–H and O–H groups in total. The van der Waals surface area contributed by atoms with Crippen molar-refractivity contribution < 1.29 is 14.1 Å². The normalized spacial score (nSPS) is 13.8. The first-order valence-electron chi connectivity index (χ1n) is 12.0. The Bertz CT molecular complexity index is 951. The summed E-state index contributed by atoms with van der Waals surface area (Å²) in [5.41, 5.74) is 3.72. The minimum absolute atomic E-state index is 0.0486. The highest BCUT2D eigenvalue weighted by Gasteiger charge is 2.50. The maximum absolute atomic E-state index is 11.6. The molecular formula is C29H37NO3Si. The van der Waals surface area contributed by atoms with Gasteiger partial charge in [0.1, 0.15) is 6.10 Å². The first-order chi connectivity index (χ1) is 16.4. The van der Waals surface area contributed by atoms with Gasteiger partial charge in [-0.3, -0.25) is 10.3 Å². The van der Waals surface area contributed by atoms with E-state index in [0.29, 0.717) is 13.0 Å². The fourth-order valence-electron chi connectivity index (χ4n) is 4.47. The molecule has 0 aromatic heterocycles. The van der Waals surface area contributed by atoms with E-state index in [-0.39, 0.29) is 11.0 Å². The van der Waals surface area contributed by atoms with Gasteiger partial charge in [-0.1, -0.05) is 107 Å². The molecule has 3 aromatic rings. The van der Waals surface area contributed by atoms with E-state index in [0.717, 1.165) is 18.4 Å². The monoisotopic (exact) mass is 475 g/mol.